The number of nitrogens with zero attached hydrogens (tertiary/aromatic N) is 3. The first-order valence-electron chi connectivity index (χ1n) is 6.84. The molecular formula is C15H16N4S. The largest absolute Gasteiger partial charge is 0.369 e. The lowest BCUT2D eigenvalue weighted by Crippen LogP contribution is -2.09. The van der Waals surface area contributed by atoms with Gasteiger partial charge < -0.3 is 5.32 Å². The van der Waals surface area contributed by atoms with Crippen LogP contribution in [0.4, 0.5) is 5.82 Å². The smallest absolute Gasteiger partial charge is 0.144 e. The van der Waals surface area contributed by atoms with Crippen molar-refractivity contribution in [3.63, 3.8) is 0 Å². The highest BCUT2D eigenvalue weighted by atomic mass is 32.1. The Kier molecular flexibility index (Phi) is 3.66. The third-order valence-electron chi connectivity index (χ3n) is 3.47. The highest BCUT2D eigenvalue weighted by molar-refractivity contribution is 7.09. The van der Waals surface area contributed by atoms with E-state index in [0.29, 0.717) is 5.56 Å². The molecule has 0 unspecified atom stereocenters. The maximum atomic E-state index is 9.23. The molecule has 0 fully saturated rings. The summed E-state index contributed by atoms with van der Waals surface area (Å²) in [6.07, 6.45) is 4.09. The number of aromatic nitrogens is 2. The van der Waals surface area contributed by atoms with E-state index in [9.17, 15) is 5.26 Å². The van der Waals surface area contributed by atoms with E-state index in [1.54, 1.807) is 11.3 Å². The van der Waals surface area contributed by atoms with Crippen LogP contribution in [-0.4, -0.2) is 16.5 Å². The molecule has 0 aromatic carbocycles. The first kappa shape index (κ1) is 13.1. The third-order valence-corrected chi connectivity index (χ3v) is 4.50. The van der Waals surface area contributed by atoms with Crippen molar-refractivity contribution in [1.29, 1.82) is 5.26 Å². The standard InChI is InChI=1S/C15H16N4S/c1-10-9-20-14(18-10)5-6-17-15-12(8-16)7-11-3-2-4-13(11)19-15/h7,9H,2-6H2,1H3,(H,17,19). The second-order valence-electron chi connectivity index (χ2n) is 5.02. The summed E-state index contributed by atoms with van der Waals surface area (Å²) in [5, 5.41) is 15.7. The molecule has 0 atom stereocenters. The number of fused-ring (bicyclic) bond motifs is 1. The Morgan fingerprint density at radius 2 is 2.30 bits per heavy atom. The minimum Gasteiger partial charge on any atom is -0.369 e. The minimum atomic E-state index is 0.654. The van der Waals surface area contributed by atoms with Gasteiger partial charge in [0, 0.05) is 29.7 Å². The molecule has 0 radical (unpaired) electrons. The van der Waals surface area contributed by atoms with E-state index < -0.39 is 0 Å². The van der Waals surface area contributed by atoms with E-state index in [0.717, 1.165) is 54.4 Å². The van der Waals surface area contributed by atoms with Crippen molar-refractivity contribution in [3.8, 4) is 6.07 Å². The van der Waals surface area contributed by atoms with Crippen molar-refractivity contribution in [2.24, 2.45) is 0 Å². The normalized spacial score (nSPS) is 13.0. The molecule has 5 heteroatoms. The number of rotatable bonds is 4. The van der Waals surface area contributed by atoms with Crippen LogP contribution in [0.15, 0.2) is 11.4 Å². The molecule has 2 aromatic rings. The third kappa shape index (κ3) is 2.66. The maximum Gasteiger partial charge on any atom is 0.144 e. The summed E-state index contributed by atoms with van der Waals surface area (Å²) in [4.78, 5) is 9.05. The van der Waals surface area contributed by atoms with Crippen molar-refractivity contribution in [2.45, 2.75) is 32.6 Å². The van der Waals surface area contributed by atoms with Gasteiger partial charge in [-0.2, -0.15) is 5.26 Å². The number of anilines is 1. The zero-order valence-electron chi connectivity index (χ0n) is 11.4. The average Bonchev–Trinajstić information content (AvgIpc) is 3.06. The predicted octanol–water partition coefficient (Wildman–Crippen LogP) is 2.86. The van der Waals surface area contributed by atoms with Gasteiger partial charge in [0.15, 0.2) is 0 Å². The zero-order chi connectivity index (χ0) is 13.9. The summed E-state index contributed by atoms with van der Waals surface area (Å²) >= 11 is 1.68. The zero-order valence-corrected chi connectivity index (χ0v) is 12.3. The van der Waals surface area contributed by atoms with Crippen LogP contribution in [0.1, 0.15) is 33.9 Å². The lowest BCUT2D eigenvalue weighted by Gasteiger charge is -2.09. The van der Waals surface area contributed by atoms with Gasteiger partial charge in [0.1, 0.15) is 11.9 Å². The van der Waals surface area contributed by atoms with Crippen molar-refractivity contribution in [3.05, 3.63) is 39.0 Å². The summed E-state index contributed by atoms with van der Waals surface area (Å²) in [5.41, 5.74) is 4.11. The van der Waals surface area contributed by atoms with Gasteiger partial charge in [-0.05, 0) is 37.8 Å². The van der Waals surface area contributed by atoms with Crippen molar-refractivity contribution in [1.82, 2.24) is 9.97 Å². The predicted molar refractivity (Wildman–Crippen MR) is 80.0 cm³/mol. The molecule has 0 saturated heterocycles. The number of hydrogen-bond acceptors (Lipinski definition) is 5. The molecular weight excluding hydrogens is 268 g/mol. The van der Waals surface area contributed by atoms with Gasteiger partial charge in [0.05, 0.1) is 10.6 Å². The van der Waals surface area contributed by atoms with Crippen LogP contribution in [0, 0.1) is 18.3 Å². The number of hydrogen-bond donors (Lipinski definition) is 1. The molecule has 0 aliphatic heterocycles. The fraction of sp³-hybridized carbons (Fsp3) is 0.400. The fourth-order valence-corrected chi connectivity index (χ4v) is 3.27. The molecule has 2 heterocycles. The van der Waals surface area contributed by atoms with Crippen LogP contribution in [0.25, 0.3) is 0 Å². The molecule has 1 aliphatic rings. The Bertz CT molecular complexity index is 669. The van der Waals surface area contributed by atoms with E-state index >= 15 is 0 Å². The van der Waals surface area contributed by atoms with Crippen molar-refractivity contribution < 1.29 is 0 Å². The van der Waals surface area contributed by atoms with Crippen LogP contribution < -0.4 is 5.32 Å². The molecule has 20 heavy (non-hydrogen) atoms. The number of thiazole rings is 1. The van der Waals surface area contributed by atoms with E-state index in [4.69, 9.17) is 0 Å². The topological polar surface area (TPSA) is 61.6 Å². The highest BCUT2D eigenvalue weighted by Gasteiger charge is 2.16. The monoisotopic (exact) mass is 284 g/mol. The Morgan fingerprint density at radius 1 is 1.40 bits per heavy atom. The Morgan fingerprint density at radius 3 is 3.05 bits per heavy atom. The summed E-state index contributed by atoms with van der Waals surface area (Å²) < 4.78 is 0. The van der Waals surface area contributed by atoms with Crippen LogP contribution in [0.5, 0.6) is 0 Å². The van der Waals surface area contributed by atoms with Crippen LogP contribution >= 0.6 is 11.3 Å². The molecule has 2 aromatic heterocycles. The SMILES string of the molecule is Cc1csc(CCNc2nc3c(cc2C#N)CCC3)n1. The van der Waals surface area contributed by atoms with Crippen molar-refractivity contribution >= 4 is 17.2 Å². The van der Waals surface area contributed by atoms with Gasteiger partial charge in [-0.25, -0.2) is 9.97 Å². The van der Waals surface area contributed by atoms with E-state index in [2.05, 4.69) is 26.7 Å². The average molecular weight is 284 g/mol. The molecule has 1 aliphatic carbocycles. The minimum absolute atomic E-state index is 0.654. The first-order chi connectivity index (χ1) is 9.76. The molecule has 4 nitrogen and oxygen atoms in total. The number of nitrogens with one attached hydrogen (secondary N) is 1. The van der Waals surface area contributed by atoms with Crippen LogP contribution in [0.2, 0.25) is 0 Å². The van der Waals surface area contributed by atoms with Gasteiger partial charge in [0.2, 0.25) is 0 Å². The number of pyridine rings is 1. The molecule has 0 saturated carbocycles. The van der Waals surface area contributed by atoms with E-state index in [1.165, 1.54) is 5.56 Å². The summed E-state index contributed by atoms with van der Waals surface area (Å²) in [5.74, 6) is 0.724. The van der Waals surface area contributed by atoms with Gasteiger partial charge in [-0.3, -0.25) is 0 Å². The molecule has 0 spiro atoms. The molecule has 102 valence electrons. The quantitative estimate of drug-likeness (QED) is 0.937. The van der Waals surface area contributed by atoms with Gasteiger partial charge in [-0.15, -0.1) is 11.3 Å². The van der Waals surface area contributed by atoms with Crippen LogP contribution in [-0.2, 0) is 19.3 Å². The molecule has 3 rings (SSSR count). The summed E-state index contributed by atoms with van der Waals surface area (Å²) in [6, 6.07) is 4.23. The van der Waals surface area contributed by atoms with Gasteiger partial charge in [0.25, 0.3) is 0 Å². The van der Waals surface area contributed by atoms with Gasteiger partial charge in [-0.1, -0.05) is 0 Å². The highest BCUT2D eigenvalue weighted by Crippen LogP contribution is 2.24. The Hall–Kier alpha value is -1.93. The van der Waals surface area contributed by atoms with Crippen molar-refractivity contribution in [2.75, 3.05) is 11.9 Å². The molecule has 1 N–H and O–H groups in total. The molecule has 0 bridgehead atoms. The maximum absolute atomic E-state index is 9.23. The second-order valence-corrected chi connectivity index (χ2v) is 5.96. The second kappa shape index (κ2) is 5.59. The first-order valence-corrected chi connectivity index (χ1v) is 7.72. The van der Waals surface area contributed by atoms with Gasteiger partial charge >= 0.3 is 0 Å². The lowest BCUT2D eigenvalue weighted by molar-refractivity contribution is 0.898. The lowest BCUT2D eigenvalue weighted by atomic mass is 10.1. The van der Waals surface area contributed by atoms with Crippen LogP contribution in [0.3, 0.4) is 0 Å². The fourth-order valence-electron chi connectivity index (χ4n) is 2.50. The van der Waals surface area contributed by atoms with E-state index in [1.807, 2.05) is 13.0 Å². The van der Waals surface area contributed by atoms with E-state index in [-0.39, 0.29) is 0 Å². The Balaban J connectivity index is 1.69. The summed E-state index contributed by atoms with van der Waals surface area (Å²) in [7, 11) is 0. The molecule has 0 amide bonds. The summed E-state index contributed by atoms with van der Waals surface area (Å²) in [6.45, 7) is 2.76. The Labute approximate surface area is 122 Å². The number of nitriles is 1. The number of aryl methyl sites for hydroxylation is 3.